The molecular formula is C17H12ClN3O3S. The highest BCUT2D eigenvalue weighted by Gasteiger charge is 2.13. The molecule has 1 aromatic carbocycles. The van der Waals surface area contributed by atoms with Crippen LogP contribution in [0, 0.1) is 0 Å². The second-order valence-electron chi connectivity index (χ2n) is 4.92. The van der Waals surface area contributed by atoms with Gasteiger partial charge in [0.25, 0.3) is 5.91 Å². The van der Waals surface area contributed by atoms with Gasteiger partial charge in [0.15, 0.2) is 5.13 Å². The standard InChI is InChI=1S/C17H12ClN3O3S/c1-24-16(23)11-4-7-13(19-8-11)15(22)21-17-20-14(9-25-17)10-2-5-12(18)6-3-10/h2-9H,1H3,(H,20,21,22). The van der Waals surface area contributed by atoms with Crippen molar-refractivity contribution in [1.82, 2.24) is 9.97 Å². The number of thiazole rings is 1. The van der Waals surface area contributed by atoms with Crippen LogP contribution in [-0.2, 0) is 4.74 Å². The lowest BCUT2D eigenvalue weighted by Crippen LogP contribution is -2.14. The number of carbonyl (C=O) groups is 2. The molecule has 0 bridgehead atoms. The van der Waals surface area contributed by atoms with Crippen LogP contribution in [0.5, 0.6) is 0 Å². The fourth-order valence-electron chi connectivity index (χ4n) is 2.01. The maximum Gasteiger partial charge on any atom is 0.339 e. The van der Waals surface area contributed by atoms with Gasteiger partial charge >= 0.3 is 5.97 Å². The zero-order valence-corrected chi connectivity index (χ0v) is 14.6. The first kappa shape index (κ1) is 17.1. The van der Waals surface area contributed by atoms with Gasteiger partial charge in [-0.05, 0) is 24.3 Å². The maximum absolute atomic E-state index is 12.2. The van der Waals surface area contributed by atoms with Crippen LogP contribution in [0.25, 0.3) is 11.3 Å². The van der Waals surface area contributed by atoms with Crippen LogP contribution < -0.4 is 5.32 Å². The van der Waals surface area contributed by atoms with E-state index in [0.717, 1.165) is 11.3 Å². The van der Waals surface area contributed by atoms with E-state index < -0.39 is 11.9 Å². The molecule has 6 nitrogen and oxygen atoms in total. The van der Waals surface area contributed by atoms with Crippen LogP contribution in [-0.4, -0.2) is 29.0 Å². The summed E-state index contributed by atoms with van der Waals surface area (Å²) in [6.45, 7) is 0. The first-order valence-electron chi connectivity index (χ1n) is 7.14. The maximum atomic E-state index is 12.2. The van der Waals surface area contributed by atoms with Crippen molar-refractivity contribution in [3.63, 3.8) is 0 Å². The quantitative estimate of drug-likeness (QED) is 0.701. The molecule has 0 fully saturated rings. The number of pyridine rings is 1. The van der Waals surface area contributed by atoms with Gasteiger partial charge in [0, 0.05) is 22.2 Å². The summed E-state index contributed by atoms with van der Waals surface area (Å²) in [6, 6.07) is 10.2. The Balaban J connectivity index is 1.71. The Hall–Kier alpha value is -2.77. The molecule has 1 amide bonds. The predicted molar refractivity (Wildman–Crippen MR) is 96.1 cm³/mol. The molecular weight excluding hydrogens is 362 g/mol. The van der Waals surface area contributed by atoms with Gasteiger partial charge in [-0.3, -0.25) is 15.1 Å². The summed E-state index contributed by atoms with van der Waals surface area (Å²) < 4.78 is 4.59. The topological polar surface area (TPSA) is 81.2 Å². The van der Waals surface area contributed by atoms with Crippen molar-refractivity contribution < 1.29 is 14.3 Å². The van der Waals surface area contributed by atoms with Crippen LogP contribution >= 0.6 is 22.9 Å². The second kappa shape index (κ2) is 7.42. The van der Waals surface area contributed by atoms with Crippen LogP contribution in [0.2, 0.25) is 5.02 Å². The van der Waals surface area contributed by atoms with Crippen molar-refractivity contribution in [2.24, 2.45) is 0 Å². The Morgan fingerprint density at radius 2 is 1.92 bits per heavy atom. The summed E-state index contributed by atoms with van der Waals surface area (Å²) in [4.78, 5) is 31.9. The summed E-state index contributed by atoms with van der Waals surface area (Å²) in [7, 11) is 1.28. The highest BCUT2D eigenvalue weighted by Crippen LogP contribution is 2.26. The van der Waals surface area contributed by atoms with Crippen molar-refractivity contribution in [2.45, 2.75) is 0 Å². The molecule has 0 aliphatic rings. The highest BCUT2D eigenvalue weighted by atomic mass is 35.5. The minimum absolute atomic E-state index is 0.177. The largest absolute Gasteiger partial charge is 0.465 e. The van der Waals surface area contributed by atoms with Gasteiger partial charge in [0.2, 0.25) is 0 Å². The van der Waals surface area contributed by atoms with Gasteiger partial charge in [-0.25, -0.2) is 9.78 Å². The molecule has 2 aromatic heterocycles. The summed E-state index contributed by atoms with van der Waals surface area (Å²) in [6.07, 6.45) is 1.29. The van der Waals surface area contributed by atoms with E-state index in [0.29, 0.717) is 10.2 Å². The Morgan fingerprint density at radius 3 is 2.56 bits per heavy atom. The molecule has 8 heteroatoms. The molecule has 3 aromatic rings. The number of esters is 1. The van der Waals surface area contributed by atoms with Crippen molar-refractivity contribution >= 4 is 39.9 Å². The lowest BCUT2D eigenvalue weighted by molar-refractivity contribution is 0.0600. The molecule has 0 saturated carbocycles. The minimum Gasteiger partial charge on any atom is -0.465 e. The zero-order chi connectivity index (χ0) is 17.8. The Labute approximate surface area is 152 Å². The molecule has 0 radical (unpaired) electrons. The third-order valence-electron chi connectivity index (χ3n) is 3.28. The molecule has 0 spiro atoms. The van der Waals surface area contributed by atoms with Crippen molar-refractivity contribution in [3.8, 4) is 11.3 Å². The monoisotopic (exact) mass is 373 g/mol. The average Bonchev–Trinajstić information content (AvgIpc) is 3.10. The first-order valence-corrected chi connectivity index (χ1v) is 8.40. The molecule has 25 heavy (non-hydrogen) atoms. The first-order chi connectivity index (χ1) is 12.1. The Morgan fingerprint density at radius 1 is 1.16 bits per heavy atom. The van der Waals surface area contributed by atoms with Gasteiger partial charge in [0.05, 0.1) is 18.4 Å². The molecule has 0 aliphatic carbocycles. The number of carbonyl (C=O) groups excluding carboxylic acids is 2. The molecule has 126 valence electrons. The van der Waals surface area contributed by atoms with E-state index in [1.807, 2.05) is 17.5 Å². The lowest BCUT2D eigenvalue weighted by Gasteiger charge is -2.02. The number of anilines is 1. The van der Waals surface area contributed by atoms with Gasteiger partial charge in [-0.15, -0.1) is 11.3 Å². The molecule has 0 saturated heterocycles. The minimum atomic E-state index is -0.507. The number of aromatic nitrogens is 2. The summed E-state index contributed by atoms with van der Waals surface area (Å²) in [5, 5.41) is 5.63. The normalized spacial score (nSPS) is 10.3. The number of amides is 1. The third kappa shape index (κ3) is 4.01. The number of halogens is 1. The average molecular weight is 374 g/mol. The zero-order valence-electron chi connectivity index (χ0n) is 13.0. The fourth-order valence-corrected chi connectivity index (χ4v) is 2.85. The molecule has 0 unspecified atom stereocenters. The van der Waals surface area contributed by atoms with Crippen molar-refractivity contribution in [1.29, 1.82) is 0 Å². The van der Waals surface area contributed by atoms with Crippen LogP contribution in [0.1, 0.15) is 20.8 Å². The number of methoxy groups -OCH3 is 1. The smallest absolute Gasteiger partial charge is 0.339 e. The van der Waals surface area contributed by atoms with Crippen LogP contribution in [0.3, 0.4) is 0 Å². The Kier molecular flexibility index (Phi) is 5.06. The van der Waals surface area contributed by atoms with Crippen molar-refractivity contribution in [3.05, 3.63) is 64.3 Å². The number of nitrogens with zero attached hydrogens (tertiary/aromatic N) is 2. The third-order valence-corrected chi connectivity index (χ3v) is 4.29. The van der Waals surface area contributed by atoms with E-state index >= 15 is 0 Å². The van der Waals surface area contributed by atoms with Crippen molar-refractivity contribution in [2.75, 3.05) is 12.4 Å². The second-order valence-corrected chi connectivity index (χ2v) is 6.22. The molecule has 1 N–H and O–H groups in total. The molecule has 2 heterocycles. The van der Waals surface area contributed by atoms with E-state index in [-0.39, 0.29) is 11.3 Å². The van der Waals surface area contributed by atoms with E-state index in [9.17, 15) is 9.59 Å². The number of rotatable bonds is 4. The van der Waals surface area contributed by atoms with Gasteiger partial charge in [-0.1, -0.05) is 23.7 Å². The van der Waals surface area contributed by atoms with E-state index in [4.69, 9.17) is 11.6 Å². The van der Waals surface area contributed by atoms with E-state index in [1.54, 1.807) is 12.1 Å². The predicted octanol–water partition coefficient (Wildman–Crippen LogP) is 3.90. The van der Waals surface area contributed by atoms with Crippen LogP contribution in [0.15, 0.2) is 48.0 Å². The number of nitrogens with one attached hydrogen (secondary N) is 1. The van der Waals surface area contributed by atoms with Gasteiger partial charge < -0.3 is 4.74 Å². The summed E-state index contributed by atoms with van der Waals surface area (Å²) >= 11 is 7.18. The highest BCUT2D eigenvalue weighted by molar-refractivity contribution is 7.14. The molecule has 0 aliphatic heterocycles. The SMILES string of the molecule is COC(=O)c1ccc(C(=O)Nc2nc(-c3ccc(Cl)cc3)cs2)nc1. The summed E-state index contributed by atoms with van der Waals surface area (Å²) in [5.74, 6) is -0.916. The summed E-state index contributed by atoms with van der Waals surface area (Å²) in [5.41, 5.74) is 2.10. The number of benzene rings is 1. The fraction of sp³-hybridized carbons (Fsp3) is 0.0588. The number of ether oxygens (including phenoxy) is 1. The van der Waals surface area contributed by atoms with Crippen LogP contribution in [0.4, 0.5) is 5.13 Å². The molecule has 3 rings (SSSR count). The lowest BCUT2D eigenvalue weighted by atomic mass is 10.2. The van der Waals surface area contributed by atoms with E-state index in [2.05, 4.69) is 20.0 Å². The number of hydrogen-bond donors (Lipinski definition) is 1. The van der Waals surface area contributed by atoms with Gasteiger partial charge in [-0.2, -0.15) is 0 Å². The van der Waals surface area contributed by atoms with E-state index in [1.165, 1.54) is 36.8 Å². The molecule has 0 atom stereocenters. The number of hydrogen-bond acceptors (Lipinski definition) is 6. The van der Waals surface area contributed by atoms with Gasteiger partial charge in [0.1, 0.15) is 5.69 Å². The Bertz CT molecular complexity index is 908.